The lowest BCUT2D eigenvalue weighted by molar-refractivity contribution is 0.790. The van der Waals surface area contributed by atoms with Gasteiger partial charge in [-0.2, -0.15) is 0 Å². The van der Waals surface area contributed by atoms with Crippen molar-refractivity contribution in [3.63, 3.8) is 0 Å². The monoisotopic (exact) mass is 498 g/mol. The lowest BCUT2D eigenvalue weighted by atomic mass is 10.4. The summed E-state index contributed by atoms with van der Waals surface area (Å²) in [5, 5.41) is 0. The molecule has 0 aliphatic rings. The summed E-state index contributed by atoms with van der Waals surface area (Å²) in [5.41, 5.74) is 0. The second-order valence-corrected chi connectivity index (χ2v) is 25.6. The summed E-state index contributed by atoms with van der Waals surface area (Å²) in [6.45, 7) is 7.11. The summed E-state index contributed by atoms with van der Waals surface area (Å²) in [7, 11) is 0. The Morgan fingerprint density at radius 1 is 0.417 bits per heavy atom. The van der Waals surface area contributed by atoms with E-state index in [0.717, 1.165) is 0 Å². The third-order valence-corrected chi connectivity index (χ3v) is 20.0. The van der Waals surface area contributed by atoms with E-state index in [1.54, 1.807) is 0 Å². The van der Waals surface area contributed by atoms with Gasteiger partial charge >= 0.3 is 0 Å². The fraction of sp³-hybridized carbons (Fsp3) is 1.00. The number of hydrogen-bond donors (Lipinski definition) is 0. The van der Waals surface area contributed by atoms with Gasteiger partial charge in [0.15, 0.2) is 0 Å². The van der Waals surface area contributed by atoms with Crippen LogP contribution in [0.2, 0.25) is 36.3 Å². The van der Waals surface area contributed by atoms with Crippen molar-refractivity contribution >= 4 is 44.0 Å². The van der Waals surface area contributed by atoms with E-state index in [9.17, 15) is 0 Å². The van der Waals surface area contributed by atoms with Gasteiger partial charge in [0.2, 0.25) is 0 Å². The minimum Gasteiger partial charge on any atom is -0.126 e. The highest BCUT2D eigenvalue weighted by molar-refractivity contribution is 9.26. The first-order valence-electron chi connectivity index (χ1n) is 10.8. The Morgan fingerprint density at radius 2 is 0.625 bits per heavy atom. The highest BCUT2D eigenvalue weighted by atomic mass is 79.9. The van der Waals surface area contributed by atoms with Crippen molar-refractivity contribution in [2.24, 2.45) is 0 Å². The van der Waals surface area contributed by atoms with Gasteiger partial charge in [-0.25, -0.2) is 0 Å². The summed E-state index contributed by atoms with van der Waals surface area (Å²) in [4.78, 5) is 0. The summed E-state index contributed by atoms with van der Waals surface area (Å²) in [6.07, 6.45) is 14.1. The van der Waals surface area contributed by atoms with Crippen molar-refractivity contribution in [3.8, 4) is 0 Å². The smallest absolute Gasteiger partial charge is 0.126 e. The second kappa shape index (κ2) is 15.5. The summed E-state index contributed by atoms with van der Waals surface area (Å²) in [6, 6.07) is 9.06. The lowest BCUT2D eigenvalue weighted by Crippen LogP contribution is -2.27. The van der Waals surface area contributed by atoms with E-state index in [-0.39, 0.29) is 0 Å². The van der Waals surface area contributed by atoms with Crippen molar-refractivity contribution in [1.29, 1.82) is 0 Å². The van der Waals surface area contributed by atoms with E-state index in [2.05, 4.69) is 58.3 Å². The van der Waals surface area contributed by atoms with Crippen molar-refractivity contribution in [3.05, 3.63) is 0 Å². The first kappa shape index (κ1) is 25.4. The Labute approximate surface area is 171 Å². The number of unbranched alkanes of at least 4 members (excludes halogenated alkanes) is 5. The van der Waals surface area contributed by atoms with Crippen LogP contribution in [0.25, 0.3) is 0 Å². The standard InChI is InChI=1S/C20H44Br2Si2/c1-5-9-15-23(21,16-10-6-2)19-13-14-20-24(22,17-11-7-3)18-12-8-4/h5-20H2,1-4H3. The highest BCUT2D eigenvalue weighted by Gasteiger charge is 2.30. The Bertz CT molecular complexity index is 241. The van der Waals surface area contributed by atoms with Crippen molar-refractivity contribution in [1.82, 2.24) is 0 Å². The predicted molar refractivity (Wildman–Crippen MR) is 127 cm³/mol. The molecular weight excluding hydrogens is 456 g/mol. The molecule has 0 aliphatic heterocycles. The van der Waals surface area contributed by atoms with Gasteiger partial charge in [0.05, 0.1) is 0 Å². The van der Waals surface area contributed by atoms with Crippen LogP contribution in [-0.2, 0) is 0 Å². The fourth-order valence-corrected chi connectivity index (χ4v) is 15.9. The van der Waals surface area contributed by atoms with Crippen LogP contribution in [0, 0.1) is 0 Å². The van der Waals surface area contributed by atoms with Crippen molar-refractivity contribution in [2.45, 2.75) is 128 Å². The summed E-state index contributed by atoms with van der Waals surface area (Å²) in [5.74, 6) is 0. The van der Waals surface area contributed by atoms with Gasteiger partial charge in [0.1, 0.15) is 13.4 Å². The molecule has 0 aliphatic carbocycles. The Balaban J connectivity index is 4.33. The molecule has 0 N–H and O–H groups in total. The van der Waals surface area contributed by atoms with E-state index < -0.39 is 13.4 Å². The number of hydrogen-bond acceptors (Lipinski definition) is 0. The molecule has 0 heterocycles. The minimum absolute atomic E-state index is 1.13. The molecule has 4 heteroatoms. The fourth-order valence-electron chi connectivity index (χ4n) is 3.61. The first-order valence-corrected chi connectivity index (χ1v) is 20.6. The molecule has 0 aromatic carbocycles. The normalized spacial score (nSPS) is 12.8. The SMILES string of the molecule is CCCC[Si](Br)(CCCC)CCCC[Si](Br)(CCCC)CCCC. The molecule has 0 saturated heterocycles. The van der Waals surface area contributed by atoms with Gasteiger partial charge in [0.25, 0.3) is 0 Å². The molecule has 0 bridgehead atoms. The molecule has 0 rings (SSSR count). The van der Waals surface area contributed by atoms with Gasteiger partial charge in [-0.05, 0) is 36.3 Å². The van der Waals surface area contributed by atoms with E-state index in [1.807, 2.05) is 0 Å². The third kappa shape index (κ3) is 12.7. The van der Waals surface area contributed by atoms with E-state index in [1.165, 1.54) is 100 Å². The molecule has 0 aromatic heterocycles. The molecule has 0 spiro atoms. The van der Waals surface area contributed by atoms with Gasteiger partial charge in [0, 0.05) is 0 Å². The quantitative estimate of drug-likeness (QED) is 0.106. The molecule has 0 aromatic rings. The van der Waals surface area contributed by atoms with Crippen LogP contribution >= 0.6 is 30.6 Å². The van der Waals surface area contributed by atoms with Gasteiger partial charge in [-0.15, -0.1) is 30.6 Å². The molecule has 0 amide bonds. The Kier molecular flexibility index (Phi) is 16.3. The molecule has 0 unspecified atom stereocenters. The minimum atomic E-state index is -1.13. The van der Waals surface area contributed by atoms with Crippen LogP contribution in [0.15, 0.2) is 0 Å². The number of rotatable bonds is 17. The van der Waals surface area contributed by atoms with Crippen molar-refractivity contribution in [2.75, 3.05) is 0 Å². The molecule has 146 valence electrons. The average molecular weight is 501 g/mol. The van der Waals surface area contributed by atoms with Gasteiger partial charge in [-0.3, -0.25) is 0 Å². The highest BCUT2D eigenvalue weighted by Crippen LogP contribution is 2.37. The van der Waals surface area contributed by atoms with Crippen LogP contribution in [0.5, 0.6) is 0 Å². The predicted octanol–water partition coefficient (Wildman–Crippen LogP) is 9.65. The second-order valence-electron chi connectivity index (χ2n) is 7.92. The maximum Gasteiger partial charge on any atom is 0.130 e. The topological polar surface area (TPSA) is 0 Å². The maximum atomic E-state index is 4.29. The first-order chi connectivity index (χ1) is 11.4. The van der Waals surface area contributed by atoms with Gasteiger partial charge < -0.3 is 0 Å². The van der Waals surface area contributed by atoms with E-state index in [4.69, 9.17) is 0 Å². The van der Waals surface area contributed by atoms with E-state index in [0.29, 0.717) is 0 Å². The molecule has 24 heavy (non-hydrogen) atoms. The Hall–Kier alpha value is 1.39. The molecule has 0 radical (unpaired) electrons. The van der Waals surface area contributed by atoms with Gasteiger partial charge in [-0.1, -0.05) is 91.9 Å². The zero-order valence-electron chi connectivity index (χ0n) is 17.1. The third-order valence-electron chi connectivity index (χ3n) is 5.41. The number of halogens is 2. The molecule has 0 saturated carbocycles. The largest absolute Gasteiger partial charge is 0.130 e. The molecule has 0 fully saturated rings. The molecule has 0 atom stereocenters. The van der Waals surface area contributed by atoms with Crippen LogP contribution in [0.4, 0.5) is 0 Å². The van der Waals surface area contributed by atoms with Crippen LogP contribution in [0.3, 0.4) is 0 Å². The molecule has 0 nitrogen and oxygen atoms in total. The maximum absolute atomic E-state index is 4.29. The van der Waals surface area contributed by atoms with Crippen LogP contribution < -0.4 is 0 Å². The van der Waals surface area contributed by atoms with E-state index >= 15 is 0 Å². The lowest BCUT2D eigenvalue weighted by Gasteiger charge is -2.27. The average Bonchev–Trinajstić information content (AvgIpc) is 2.59. The zero-order chi connectivity index (χ0) is 18.3. The van der Waals surface area contributed by atoms with Crippen molar-refractivity contribution < 1.29 is 0 Å². The Morgan fingerprint density at radius 3 is 0.833 bits per heavy atom. The summed E-state index contributed by atoms with van der Waals surface area (Å²) >= 11 is 8.58. The zero-order valence-corrected chi connectivity index (χ0v) is 22.2. The van der Waals surface area contributed by atoms with Crippen LogP contribution in [0.1, 0.15) is 91.9 Å². The molecular formula is C20H44Br2Si2. The van der Waals surface area contributed by atoms with Crippen LogP contribution in [-0.4, -0.2) is 13.4 Å². The summed E-state index contributed by atoms with van der Waals surface area (Å²) < 4.78 is 0.